The molecule has 1 spiro atoms. The van der Waals surface area contributed by atoms with Gasteiger partial charge < -0.3 is 9.47 Å². The van der Waals surface area contributed by atoms with E-state index in [0.717, 1.165) is 18.8 Å². The van der Waals surface area contributed by atoms with Crippen molar-refractivity contribution < 1.29 is 9.47 Å². The van der Waals surface area contributed by atoms with Crippen LogP contribution in [0.2, 0.25) is 0 Å². The van der Waals surface area contributed by atoms with Gasteiger partial charge in [-0.3, -0.25) is 0 Å². The maximum atomic E-state index is 5.67. The van der Waals surface area contributed by atoms with E-state index in [-0.39, 0.29) is 5.60 Å². The lowest BCUT2D eigenvalue weighted by molar-refractivity contribution is 0.288. The van der Waals surface area contributed by atoms with Crippen LogP contribution >= 0.6 is 11.8 Å². The second-order valence-electron chi connectivity index (χ2n) is 4.10. The molecule has 2 aliphatic heterocycles. The van der Waals surface area contributed by atoms with Crippen LogP contribution in [0.4, 0.5) is 0 Å². The molecule has 0 saturated carbocycles. The third-order valence-electron chi connectivity index (χ3n) is 3.15. The Labute approximate surface area is 94.0 Å². The van der Waals surface area contributed by atoms with Crippen molar-refractivity contribution in [1.82, 2.24) is 0 Å². The highest BCUT2D eigenvalue weighted by molar-refractivity contribution is 7.99. The Morgan fingerprint density at radius 2 is 2.33 bits per heavy atom. The van der Waals surface area contributed by atoms with Crippen molar-refractivity contribution in [3.8, 4) is 5.75 Å². The molecule has 3 rings (SSSR count). The molecule has 0 bridgehead atoms. The van der Waals surface area contributed by atoms with Gasteiger partial charge in [-0.1, -0.05) is 0 Å². The van der Waals surface area contributed by atoms with Crippen LogP contribution in [-0.4, -0.2) is 19.5 Å². The zero-order valence-electron chi connectivity index (χ0n) is 8.79. The largest absolute Gasteiger partial charge is 0.497 e. The van der Waals surface area contributed by atoms with Gasteiger partial charge in [-0.2, -0.15) is 0 Å². The molecule has 2 aliphatic rings. The topological polar surface area (TPSA) is 21.8 Å². The first-order valence-corrected chi connectivity index (χ1v) is 6.28. The molecule has 80 valence electrons. The number of hydrogen-bond donors (Lipinski definition) is 0. The molecule has 1 saturated heterocycles. The molecule has 2 heterocycles. The lowest BCUT2D eigenvalue weighted by Gasteiger charge is -2.13. The van der Waals surface area contributed by atoms with E-state index in [1.165, 1.54) is 22.6 Å². The summed E-state index contributed by atoms with van der Waals surface area (Å²) in [5, 5.41) is 0. The van der Waals surface area contributed by atoms with Crippen molar-refractivity contribution in [2.45, 2.75) is 23.3 Å². The Balaban J connectivity index is 2.08. The summed E-state index contributed by atoms with van der Waals surface area (Å²) in [6.07, 6.45) is 2.39. The summed E-state index contributed by atoms with van der Waals surface area (Å²) in [6.45, 7) is 0.883. The Morgan fingerprint density at radius 1 is 1.47 bits per heavy atom. The molecule has 0 aliphatic carbocycles. The van der Waals surface area contributed by atoms with Crippen LogP contribution in [0.15, 0.2) is 23.1 Å². The first kappa shape index (κ1) is 9.55. The smallest absolute Gasteiger partial charge is 0.119 e. The van der Waals surface area contributed by atoms with Crippen LogP contribution in [0.25, 0.3) is 0 Å². The van der Waals surface area contributed by atoms with Crippen LogP contribution in [0.5, 0.6) is 5.75 Å². The summed E-state index contributed by atoms with van der Waals surface area (Å²) >= 11 is 1.94. The first-order valence-electron chi connectivity index (χ1n) is 5.29. The minimum absolute atomic E-state index is 0.0351. The van der Waals surface area contributed by atoms with Crippen LogP contribution < -0.4 is 4.74 Å². The van der Waals surface area contributed by atoms with Gasteiger partial charge in [0.2, 0.25) is 0 Å². The highest BCUT2D eigenvalue weighted by Crippen LogP contribution is 2.50. The molecule has 1 aromatic rings. The number of epoxide rings is 1. The molecule has 0 aromatic heterocycles. The van der Waals surface area contributed by atoms with Crippen LogP contribution in [0.3, 0.4) is 0 Å². The highest BCUT2D eigenvalue weighted by atomic mass is 32.2. The van der Waals surface area contributed by atoms with Gasteiger partial charge in [0.05, 0.1) is 13.7 Å². The van der Waals surface area contributed by atoms with Crippen LogP contribution in [0, 0.1) is 0 Å². The third kappa shape index (κ3) is 1.54. The Hall–Kier alpha value is -0.670. The number of methoxy groups -OCH3 is 1. The highest BCUT2D eigenvalue weighted by Gasteiger charge is 2.48. The van der Waals surface area contributed by atoms with Crippen molar-refractivity contribution in [1.29, 1.82) is 0 Å². The van der Waals surface area contributed by atoms with Gasteiger partial charge in [0.25, 0.3) is 0 Å². The summed E-state index contributed by atoms with van der Waals surface area (Å²) in [4.78, 5) is 1.37. The second kappa shape index (κ2) is 3.42. The molecule has 1 unspecified atom stereocenters. The van der Waals surface area contributed by atoms with Crippen molar-refractivity contribution in [3.63, 3.8) is 0 Å². The summed E-state index contributed by atoms with van der Waals surface area (Å²) in [5.74, 6) is 2.14. The number of benzene rings is 1. The minimum atomic E-state index is 0.0351. The molecular weight excluding hydrogens is 208 g/mol. The minimum Gasteiger partial charge on any atom is -0.497 e. The van der Waals surface area contributed by atoms with E-state index in [4.69, 9.17) is 9.47 Å². The number of rotatable bonds is 1. The van der Waals surface area contributed by atoms with E-state index in [1.807, 2.05) is 17.8 Å². The van der Waals surface area contributed by atoms with E-state index in [0.29, 0.717) is 0 Å². The molecule has 0 N–H and O–H groups in total. The molecule has 0 amide bonds. The van der Waals surface area contributed by atoms with Gasteiger partial charge >= 0.3 is 0 Å². The van der Waals surface area contributed by atoms with E-state index in [1.54, 1.807) is 7.11 Å². The van der Waals surface area contributed by atoms with Gasteiger partial charge in [-0.15, -0.1) is 11.8 Å². The quantitative estimate of drug-likeness (QED) is 0.682. The van der Waals surface area contributed by atoms with Crippen molar-refractivity contribution in [3.05, 3.63) is 23.8 Å². The summed E-state index contributed by atoms with van der Waals surface area (Å²) in [5.41, 5.74) is 1.37. The number of fused-ring (bicyclic) bond motifs is 2. The fraction of sp³-hybridized carbons (Fsp3) is 0.500. The Bertz CT molecular complexity index is 385. The molecule has 1 atom stereocenters. The Morgan fingerprint density at radius 3 is 3.07 bits per heavy atom. The predicted molar refractivity (Wildman–Crippen MR) is 60.6 cm³/mol. The van der Waals surface area contributed by atoms with E-state index < -0.39 is 0 Å². The van der Waals surface area contributed by atoms with Crippen molar-refractivity contribution in [2.75, 3.05) is 19.5 Å². The van der Waals surface area contributed by atoms with Crippen molar-refractivity contribution in [2.24, 2.45) is 0 Å². The fourth-order valence-corrected chi connectivity index (χ4v) is 3.25. The maximum absolute atomic E-state index is 5.67. The van der Waals surface area contributed by atoms with Crippen LogP contribution in [0.1, 0.15) is 18.4 Å². The third-order valence-corrected chi connectivity index (χ3v) is 4.31. The average molecular weight is 222 g/mol. The average Bonchev–Trinajstić information content (AvgIpc) is 3.07. The molecule has 0 radical (unpaired) electrons. The molecular formula is C12H14O2S. The first-order chi connectivity index (χ1) is 7.34. The van der Waals surface area contributed by atoms with Gasteiger partial charge in [0, 0.05) is 10.5 Å². The van der Waals surface area contributed by atoms with Crippen molar-refractivity contribution >= 4 is 11.8 Å². The molecule has 3 heteroatoms. The second-order valence-corrected chi connectivity index (χ2v) is 5.23. The monoisotopic (exact) mass is 222 g/mol. The van der Waals surface area contributed by atoms with Crippen LogP contribution in [-0.2, 0) is 10.3 Å². The fourth-order valence-electron chi connectivity index (χ4n) is 2.18. The van der Waals surface area contributed by atoms with E-state index in [9.17, 15) is 0 Å². The number of thioether (sulfide) groups is 1. The molecule has 1 aromatic carbocycles. The summed E-state index contributed by atoms with van der Waals surface area (Å²) < 4.78 is 11.0. The molecule has 15 heavy (non-hydrogen) atoms. The predicted octanol–water partition coefficient (Wildman–Crippen LogP) is 2.81. The lowest BCUT2D eigenvalue weighted by Crippen LogP contribution is -2.08. The SMILES string of the molecule is COc1ccc2c(c1)C1(CCCS2)CO1. The normalized spacial score (nSPS) is 28.3. The zero-order valence-corrected chi connectivity index (χ0v) is 9.60. The lowest BCUT2D eigenvalue weighted by atomic mass is 9.95. The number of ether oxygens (including phenoxy) is 2. The zero-order chi connectivity index (χ0) is 10.3. The van der Waals surface area contributed by atoms with E-state index >= 15 is 0 Å². The van der Waals surface area contributed by atoms with Gasteiger partial charge in [-0.05, 0) is 36.8 Å². The Kier molecular flexibility index (Phi) is 2.18. The van der Waals surface area contributed by atoms with Gasteiger partial charge in [-0.25, -0.2) is 0 Å². The standard InChI is InChI=1S/C12H14O2S/c1-13-9-3-4-11-10(7-9)12(8-14-12)5-2-6-15-11/h3-4,7H,2,5-6,8H2,1H3. The molecule has 1 fully saturated rings. The maximum Gasteiger partial charge on any atom is 0.119 e. The molecule has 2 nitrogen and oxygen atoms in total. The summed E-state index contributed by atoms with van der Waals surface area (Å²) in [7, 11) is 1.71. The number of hydrogen-bond acceptors (Lipinski definition) is 3. The van der Waals surface area contributed by atoms with Gasteiger partial charge in [0.1, 0.15) is 11.4 Å². The summed E-state index contributed by atoms with van der Waals surface area (Å²) in [6, 6.07) is 6.33. The van der Waals surface area contributed by atoms with E-state index in [2.05, 4.69) is 12.1 Å². The van der Waals surface area contributed by atoms with Gasteiger partial charge in [0.15, 0.2) is 0 Å².